The molecule has 0 saturated carbocycles. The van der Waals surface area contributed by atoms with Gasteiger partial charge < -0.3 is 9.80 Å². The van der Waals surface area contributed by atoms with E-state index >= 15 is 0 Å². The van der Waals surface area contributed by atoms with Crippen molar-refractivity contribution in [1.29, 1.82) is 0 Å². The van der Waals surface area contributed by atoms with Crippen LogP contribution in [0.25, 0.3) is 10.2 Å². The molecule has 150 valence electrons. The summed E-state index contributed by atoms with van der Waals surface area (Å²) in [7, 11) is 0. The maximum atomic E-state index is 12.8. The molecule has 2 aromatic heterocycles. The van der Waals surface area contributed by atoms with Crippen LogP contribution in [-0.2, 0) is 11.3 Å². The van der Waals surface area contributed by atoms with Gasteiger partial charge in [-0.1, -0.05) is 29.8 Å². The fourth-order valence-corrected chi connectivity index (χ4v) is 5.78. The number of carbonyl (C=O) groups excluding carboxylic acids is 1. The van der Waals surface area contributed by atoms with Gasteiger partial charge in [0.25, 0.3) is 0 Å². The van der Waals surface area contributed by atoms with Crippen LogP contribution >= 0.6 is 11.3 Å². The molecule has 2 aliphatic rings. The highest BCUT2D eigenvalue weighted by Crippen LogP contribution is 2.41. The molecule has 2 saturated heterocycles. The van der Waals surface area contributed by atoms with E-state index in [0.29, 0.717) is 12.3 Å². The minimum absolute atomic E-state index is 0.0156. The number of hydrogen-bond donors (Lipinski definition) is 0. The summed E-state index contributed by atoms with van der Waals surface area (Å²) in [6.45, 7) is 4.74. The number of rotatable bonds is 3. The predicted molar refractivity (Wildman–Crippen MR) is 117 cm³/mol. The second-order valence-electron chi connectivity index (χ2n) is 8.36. The highest BCUT2D eigenvalue weighted by Gasteiger charge is 2.45. The van der Waals surface area contributed by atoms with Gasteiger partial charge in [-0.2, -0.15) is 0 Å². The maximum absolute atomic E-state index is 12.8. The van der Waals surface area contributed by atoms with E-state index in [9.17, 15) is 4.79 Å². The standard InChI is InChI=1S/C23H26N4OS/c1-17-3-5-18(6-4-17)15-27-20(28)7-10-23(27)9-2-12-26(13-11-23)22-21-19(8-14-29-21)24-16-25-22/h3-6,8,14,16H,2,7,9-13,15H2,1H3. The largest absolute Gasteiger partial charge is 0.355 e. The SMILES string of the molecule is Cc1ccc(CN2C(=O)CCC23CCCN(c2ncnc4ccsc24)CC3)cc1. The molecule has 3 aromatic rings. The molecule has 0 radical (unpaired) electrons. The van der Waals surface area contributed by atoms with Crippen molar-refractivity contribution in [3.05, 3.63) is 53.2 Å². The van der Waals surface area contributed by atoms with Gasteiger partial charge in [-0.15, -0.1) is 11.3 Å². The van der Waals surface area contributed by atoms with Crippen LogP contribution in [0.15, 0.2) is 42.0 Å². The zero-order valence-corrected chi connectivity index (χ0v) is 17.6. The van der Waals surface area contributed by atoms with Crippen LogP contribution in [0.5, 0.6) is 0 Å². The molecule has 29 heavy (non-hydrogen) atoms. The molecule has 1 spiro atoms. The van der Waals surface area contributed by atoms with Crippen molar-refractivity contribution >= 4 is 33.3 Å². The van der Waals surface area contributed by atoms with Crippen molar-refractivity contribution in [3.8, 4) is 0 Å². The van der Waals surface area contributed by atoms with Gasteiger partial charge in [0.1, 0.15) is 12.1 Å². The Morgan fingerprint density at radius 2 is 1.93 bits per heavy atom. The molecule has 4 heterocycles. The van der Waals surface area contributed by atoms with Crippen molar-refractivity contribution < 1.29 is 4.79 Å². The fourth-order valence-electron chi connectivity index (χ4n) is 4.92. The Hall–Kier alpha value is -2.47. The molecule has 2 aliphatic heterocycles. The van der Waals surface area contributed by atoms with Crippen molar-refractivity contribution in [2.24, 2.45) is 0 Å². The lowest BCUT2D eigenvalue weighted by Gasteiger charge is -2.38. The Morgan fingerprint density at radius 3 is 2.79 bits per heavy atom. The molecule has 1 unspecified atom stereocenters. The Balaban J connectivity index is 1.38. The molecule has 6 heteroatoms. The van der Waals surface area contributed by atoms with Crippen LogP contribution in [0.3, 0.4) is 0 Å². The summed E-state index contributed by atoms with van der Waals surface area (Å²) >= 11 is 1.71. The number of nitrogens with zero attached hydrogens (tertiary/aromatic N) is 4. The number of fused-ring (bicyclic) bond motifs is 1. The van der Waals surface area contributed by atoms with Crippen molar-refractivity contribution in [2.75, 3.05) is 18.0 Å². The van der Waals surface area contributed by atoms with E-state index in [-0.39, 0.29) is 5.54 Å². The molecule has 0 bridgehead atoms. The quantitative estimate of drug-likeness (QED) is 0.640. The molecule has 1 atom stereocenters. The first-order valence-corrected chi connectivity index (χ1v) is 11.3. The van der Waals surface area contributed by atoms with E-state index < -0.39 is 0 Å². The first-order chi connectivity index (χ1) is 14.1. The lowest BCUT2D eigenvalue weighted by molar-refractivity contribution is -0.132. The second-order valence-corrected chi connectivity index (χ2v) is 9.28. The molecule has 0 aliphatic carbocycles. The van der Waals surface area contributed by atoms with Gasteiger partial charge in [0.05, 0.1) is 10.2 Å². The molecule has 1 aromatic carbocycles. The highest BCUT2D eigenvalue weighted by molar-refractivity contribution is 7.17. The van der Waals surface area contributed by atoms with Crippen molar-refractivity contribution in [3.63, 3.8) is 0 Å². The number of thiophene rings is 1. The van der Waals surface area contributed by atoms with E-state index in [4.69, 9.17) is 0 Å². The average molecular weight is 407 g/mol. The molecule has 0 N–H and O–H groups in total. The molecule has 2 fully saturated rings. The monoisotopic (exact) mass is 406 g/mol. The molecule has 5 rings (SSSR count). The zero-order valence-electron chi connectivity index (χ0n) is 16.8. The minimum Gasteiger partial charge on any atom is -0.355 e. The predicted octanol–water partition coefficient (Wildman–Crippen LogP) is 4.55. The number of hydrogen-bond acceptors (Lipinski definition) is 5. The number of aryl methyl sites for hydroxylation is 1. The van der Waals surface area contributed by atoms with Gasteiger partial charge in [-0.25, -0.2) is 9.97 Å². The van der Waals surface area contributed by atoms with Crippen LogP contribution < -0.4 is 4.90 Å². The van der Waals surface area contributed by atoms with Gasteiger partial charge in [0.2, 0.25) is 5.91 Å². The number of likely N-dealkylation sites (tertiary alicyclic amines) is 1. The summed E-state index contributed by atoms with van der Waals surface area (Å²) in [6.07, 6.45) is 6.47. The van der Waals surface area contributed by atoms with Crippen molar-refractivity contribution in [2.45, 2.75) is 51.1 Å². The highest BCUT2D eigenvalue weighted by atomic mass is 32.1. The average Bonchev–Trinajstić information content (AvgIpc) is 3.25. The maximum Gasteiger partial charge on any atom is 0.223 e. The summed E-state index contributed by atoms with van der Waals surface area (Å²) in [5.74, 6) is 1.36. The van der Waals surface area contributed by atoms with Crippen LogP contribution in [0.2, 0.25) is 0 Å². The number of anilines is 1. The molecular weight excluding hydrogens is 380 g/mol. The van der Waals surface area contributed by atoms with Crippen LogP contribution in [0.1, 0.15) is 43.2 Å². The lowest BCUT2D eigenvalue weighted by Crippen LogP contribution is -2.46. The van der Waals surface area contributed by atoms with E-state index in [2.05, 4.69) is 62.4 Å². The number of aromatic nitrogens is 2. The topological polar surface area (TPSA) is 49.3 Å². The van der Waals surface area contributed by atoms with Crippen LogP contribution in [-0.4, -0.2) is 39.4 Å². The van der Waals surface area contributed by atoms with Gasteiger partial charge in [0, 0.05) is 31.6 Å². The number of amides is 1. The summed E-state index contributed by atoms with van der Waals surface area (Å²) in [4.78, 5) is 26.4. The third-order valence-electron chi connectivity index (χ3n) is 6.58. The van der Waals surface area contributed by atoms with Crippen molar-refractivity contribution in [1.82, 2.24) is 14.9 Å². The van der Waals surface area contributed by atoms with Crippen LogP contribution in [0.4, 0.5) is 5.82 Å². The Bertz CT molecular complexity index is 1030. The Morgan fingerprint density at radius 1 is 1.07 bits per heavy atom. The first-order valence-electron chi connectivity index (χ1n) is 10.4. The molecule has 5 nitrogen and oxygen atoms in total. The van der Waals surface area contributed by atoms with Gasteiger partial charge >= 0.3 is 0 Å². The third kappa shape index (κ3) is 3.39. The lowest BCUT2D eigenvalue weighted by atomic mass is 9.87. The summed E-state index contributed by atoms with van der Waals surface area (Å²) in [5.41, 5.74) is 3.49. The molecule has 1 amide bonds. The number of carbonyl (C=O) groups is 1. The van der Waals surface area contributed by atoms with E-state index in [1.165, 1.54) is 15.8 Å². The normalized spacial score (nSPS) is 22.6. The zero-order chi connectivity index (χ0) is 19.8. The second kappa shape index (κ2) is 7.41. The van der Waals surface area contributed by atoms with E-state index in [1.54, 1.807) is 17.7 Å². The van der Waals surface area contributed by atoms with E-state index in [0.717, 1.165) is 56.7 Å². The number of benzene rings is 1. The fraction of sp³-hybridized carbons (Fsp3) is 0.435. The Labute approximate surface area is 175 Å². The Kier molecular flexibility index (Phi) is 4.74. The van der Waals surface area contributed by atoms with Gasteiger partial charge in [-0.05, 0) is 49.6 Å². The van der Waals surface area contributed by atoms with Gasteiger partial charge in [0.15, 0.2) is 0 Å². The van der Waals surface area contributed by atoms with E-state index in [1.807, 2.05) is 0 Å². The summed E-state index contributed by atoms with van der Waals surface area (Å²) in [6, 6.07) is 10.7. The summed E-state index contributed by atoms with van der Waals surface area (Å²) < 4.78 is 1.17. The third-order valence-corrected chi connectivity index (χ3v) is 7.48. The minimum atomic E-state index is -0.0156. The first kappa shape index (κ1) is 18.6. The molecular formula is C23H26N4OS. The van der Waals surface area contributed by atoms with Crippen LogP contribution in [0, 0.1) is 6.92 Å². The smallest absolute Gasteiger partial charge is 0.223 e. The van der Waals surface area contributed by atoms with Gasteiger partial charge in [-0.3, -0.25) is 4.79 Å². The summed E-state index contributed by atoms with van der Waals surface area (Å²) in [5, 5.41) is 2.08.